The van der Waals surface area contributed by atoms with Gasteiger partial charge in [-0.25, -0.2) is 9.18 Å². The van der Waals surface area contributed by atoms with E-state index in [1.54, 1.807) is 0 Å². The fourth-order valence-corrected chi connectivity index (χ4v) is 0.279. The van der Waals surface area contributed by atoms with Crippen molar-refractivity contribution in [2.45, 2.75) is 0 Å². The fraction of sp³-hybridized carbons (Fsp3) is 0.400. The van der Waals surface area contributed by atoms with Gasteiger partial charge in [-0.2, -0.15) is 0 Å². The summed E-state index contributed by atoms with van der Waals surface area (Å²) in [5.41, 5.74) is 4.54. The van der Waals surface area contributed by atoms with Gasteiger partial charge in [0.05, 0.1) is 6.61 Å². The van der Waals surface area contributed by atoms with Crippen LogP contribution in [0.3, 0.4) is 0 Å². The molecular formula is C5H8FNO3. The number of primary amides is 1. The molecule has 0 aliphatic heterocycles. The third-order valence-corrected chi connectivity index (χ3v) is 0.681. The smallest absolute Gasteiger partial charge is 0.404 e. The molecule has 0 heterocycles. The van der Waals surface area contributed by atoms with Crippen LogP contribution in [0.1, 0.15) is 0 Å². The maximum absolute atomic E-state index is 12.0. The van der Waals surface area contributed by atoms with Crippen molar-refractivity contribution in [1.82, 2.24) is 0 Å². The second-order valence-electron chi connectivity index (χ2n) is 1.44. The topological polar surface area (TPSA) is 72.6 Å². The lowest BCUT2D eigenvalue weighted by Crippen LogP contribution is -2.12. The van der Waals surface area contributed by atoms with Crippen molar-refractivity contribution in [2.75, 3.05) is 13.2 Å². The van der Waals surface area contributed by atoms with Crippen LogP contribution in [-0.4, -0.2) is 24.4 Å². The molecule has 3 N–H and O–H groups in total. The van der Waals surface area contributed by atoms with E-state index >= 15 is 0 Å². The van der Waals surface area contributed by atoms with Crippen LogP contribution >= 0.6 is 0 Å². The van der Waals surface area contributed by atoms with Crippen LogP contribution in [0.2, 0.25) is 0 Å². The Labute approximate surface area is 57.1 Å². The van der Waals surface area contributed by atoms with E-state index in [0.717, 1.165) is 6.08 Å². The molecule has 4 nitrogen and oxygen atoms in total. The molecule has 0 saturated carbocycles. The predicted molar refractivity (Wildman–Crippen MR) is 31.8 cm³/mol. The van der Waals surface area contributed by atoms with Crippen molar-refractivity contribution in [3.8, 4) is 0 Å². The lowest BCUT2D eigenvalue weighted by molar-refractivity contribution is 0.168. The van der Waals surface area contributed by atoms with Gasteiger partial charge in [-0.05, 0) is 6.08 Å². The lowest BCUT2D eigenvalue weighted by atomic mass is 10.5. The molecule has 0 aromatic heterocycles. The van der Waals surface area contributed by atoms with Gasteiger partial charge in [0.15, 0.2) is 0 Å². The Hall–Kier alpha value is -1.10. The van der Waals surface area contributed by atoms with Crippen LogP contribution in [-0.2, 0) is 4.74 Å². The predicted octanol–water partition coefficient (Wildman–Crippen LogP) is -0.0726. The molecule has 58 valence electrons. The van der Waals surface area contributed by atoms with Crippen LogP contribution in [0.5, 0.6) is 0 Å². The molecule has 0 aliphatic carbocycles. The van der Waals surface area contributed by atoms with Gasteiger partial charge in [-0.15, -0.1) is 0 Å². The Bertz CT molecular complexity index is 146. The molecule has 0 aliphatic rings. The average Bonchev–Trinajstić information content (AvgIpc) is 1.87. The number of halogens is 1. The van der Waals surface area contributed by atoms with E-state index in [1.807, 2.05) is 0 Å². The molecule has 1 amide bonds. The Kier molecular flexibility index (Phi) is 4.23. The van der Waals surface area contributed by atoms with Gasteiger partial charge < -0.3 is 15.6 Å². The van der Waals surface area contributed by atoms with E-state index in [9.17, 15) is 9.18 Å². The Morgan fingerprint density at radius 3 is 2.80 bits per heavy atom. The zero-order valence-electron chi connectivity index (χ0n) is 5.21. The summed E-state index contributed by atoms with van der Waals surface area (Å²) >= 11 is 0. The molecule has 0 radical (unpaired) electrons. The molecule has 0 aromatic rings. The first kappa shape index (κ1) is 8.90. The molecule has 0 aromatic carbocycles. The van der Waals surface area contributed by atoms with Gasteiger partial charge in [0.1, 0.15) is 12.4 Å². The van der Waals surface area contributed by atoms with Crippen LogP contribution in [0.4, 0.5) is 9.18 Å². The zero-order chi connectivity index (χ0) is 7.98. The summed E-state index contributed by atoms with van der Waals surface area (Å²) in [4.78, 5) is 9.85. The fourth-order valence-electron chi connectivity index (χ4n) is 0.279. The van der Waals surface area contributed by atoms with Crippen molar-refractivity contribution < 1.29 is 19.0 Å². The number of nitrogens with two attached hydrogens (primary N) is 1. The van der Waals surface area contributed by atoms with Gasteiger partial charge in [0.25, 0.3) is 0 Å². The molecular weight excluding hydrogens is 141 g/mol. The van der Waals surface area contributed by atoms with Crippen molar-refractivity contribution in [2.24, 2.45) is 5.73 Å². The minimum Gasteiger partial charge on any atom is -0.445 e. The van der Waals surface area contributed by atoms with Crippen molar-refractivity contribution in [3.05, 3.63) is 11.9 Å². The Morgan fingerprint density at radius 2 is 2.40 bits per heavy atom. The van der Waals surface area contributed by atoms with Crippen molar-refractivity contribution >= 4 is 6.09 Å². The number of ether oxygens (including phenoxy) is 1. The van der Waals surface area contributed by atoms with Crippen LogP contribution in [0, 0.1) is 0 Å². The third-order valence-electron chi connectivity index (χ3n) is 0.681. The number of hydrogen-bond donors (Lipinski definition) is 2. The molecule has 0 spiro atoms. The van der Waals surface area contributed by atoms with E-state index in [2.05, 4.69) is 10.5 Å². The van der Waals surface area contributed by atoms with E-state index in [0.29, 0.717) is 0 Å². The summed E-state index contributed by atoms with van der Waals surface area (Å²) < 4.78 is 16.1. The summed E-state index contributed by atoms with van der Waals surface area (Å²) in [5, 5.41) is 8.08. The third kappa shape index (κ3) is 5.04. The number of carbonyl (C=O) groups is 1. The van der Waals surface area contributed by atoms with Gasteiger partial charge >= 0.3 is 6.09 Å². The number of aliphatic hydroxyl groups excluding tert-OH is 1. The first-order valence-electron chi connectivity index (χ1n) is 2.54. The second-order valence-corrected chi connectivity index (χ2v) is 1.44. The molecule has 0 saturated heterocycles. The second kappa shape index (κ2) is 4.75. The summed E-state index contributed by atoms with van der Waals surface area (Å²) in [7, 11) is 0. The minimum absolute atomic E-state index is 0.248. The molecule has 0 bridgehead atoms. The van der Waals surface area contributed by atoms with E-state index in [-0.39, 0.29) is 6.61 Å². The highest BCUT2D eigenvalue weighted by Crippen LogP contribution is 1.92. The molecule has 5 heteroatoms. The quantitative estimate of drug-likeness (QED) is 0.589. The number of aliphatic hydroxyl groups is 1. The average molecular weight is 149 g/mol. The highest BCUT2D eigenvalue weighted by atomic mass is 19.1. The van der Waals surface area contributed by atoms with Crippen molar-refractivity contribution in [3.63, 3.8) is 0 Å². The van der Waals surface area contributed by atoms with Crippen LogP contribution in [0.15, 0.2) is 11.9 Å². The monoisotopic (exact) mass is 149 g/mol. The van der Waals surface area contributed by atoms with Gasteiger partial charge in [0.2, 0.25) is 0 Å². The van der Waals surface area contributed by atoms with E-state index < -0.39 is 18.5 Å². The molecule has 10 heavy (non-hydrogen) atoms. The first-order valence-corrected chi connectivity index (χ1v) is 2.54. The Balaban J connectivity index is 3.43. The number of carbonyl (C=O) groups excluding carboxylic acids is 1. The summed E-state index contributed by atoms with van der Waals surface area (Å²) in [6, 6.07) is 0. The van der Waals surface area contributed by atoms with Gasteiger partial charge in [-0.3, -0.25) is 0 Å². The van der Waals surface area contributed by atoms with E-state index in [4.69, 9.17) is 5.11 Å². The van der Waals surface area contributed by atoms with Gasteiger partial charge in [0, 0.05) is 0 Å². The maximum Gasteiger partial charge on any atom is 0.404 e. The molecule has 0 rings (SSSR count). The van der Waals surface area contributed by atoms with Crippen LogP contribution < -0.4 is 5.73 Å². The number of rotatable bonds is 3. The molecule has 0 fully saturated rings. The summed E-state index contributed by atoms with van der Waals surface area (Å²) in [5.74, 6) is -0.749. The molecule has 0 unspecified atom stereocenters. The maximum atomic E-state index is 12.0. The SMILES string of the molecule is NC(=O)OC/C=C(/F)CO. The zero-order valence-corrected chi connectivity index (χ0v) is 5.21. The summed E-state index contributed by atoms with van der Waals surface area (Å²) in [6.07, 6.45) is -0.0490. The normalized spacial score (nSPS) is 11.2. The minimum atomic E-state index is -0.970. The van der Waals surface area contributed by atoms with Gasteiger partial charge in [-0.1, -0.05) is 0 Å². The molecule has 0 atom stereocenters. The van der Waals surface area contributed by atoms with E-state index in [1.165, 1.54) is 0 Å². The highest BCUT2D eigenvalue weighted by Gasteiger charge is 1.92. The summed E-state index contributed by atoms with van der Waals surface area (Å²) in [6.45, 7) is -0.941. The lowest BCUT2D eigenvalue weighted by Gasteiger charge is -1.94. The largest absolute Gasteiger partial charge is 0.445 e. The first-order chi connectivity index (χ1) is 4.66. The standard InChI is InChI=1S/C5H8FNO3/c6-4(3-8)1-2-10-5(7)9/h1,8H,2-3H2,(H2,7,9)/b4-1+. The highest BCUT2D eigenvalue weighted by molar-refractivity contribution is 5.64. The van der Waals surface area contributed by atoms with Crippen molar-refractivity contribution in [1.29, 1.82) is 0 Å². The van der Waals surface area contributed by atoms with Crippen LogP contribution in [0.25, 0.3) is 0 Å². The number of hydrogen-bond acceptors (Lipinski definition) is 3. The number of amides is 1. The Morgan fingerprint density at radius 1 is 1.80 bits per heavy atom.